The van der Waals surface area contributed by atoms with Crippen LogP contribution in [0.4, 0.5) is 0 Å². The summed E-state index contributed by atoms with van der Waals surface area (Å²) in [7, 11) is 0. The Morgan fingerprint density at radius 2 is 1.92 bits per heavy atom. The van der Waals surface area contributed by atoms with Crippen molar-refractivity contribution in [1.82, 2.24) is 0 Å². The molecule has 3 heterocycles. The van der Waals surface area contributed by atoms with E-state index in [-0.39, 0.29) is 23.9 Å². The molecule has 1 aromatic rings. The SMILES string of the molecule is CC1OC(c2ccccc2O)=NC1C1=NC(C2=NC(C(=O)O)CS2)CS1. The number of phenols is 1. The van der Waals surface area contributed by atoms with E-state index in [1.165, 1.54) is 11.8 Å². The fraction of sp³-hybridized carbons (Fsp3) is 0.412. The van der Waals surface area contributed by atoms with Crippen LogP contribution in [0, 0.1) is 0 Å². The number of nitrogens with zero attached hydrogens (tertiary/aromatic N) is 3. The molecule has 0 aliphatic carbocycles. The zero-order valence-corrected chi connectivity index (χ0v) is 15.5. The van der Waals surface area contributed by atoms with Crippen LogP contribution < -0.4 is 0 Å². The standard InChI is InChI=1S/C17H17N3O4S2/c1-8-13(20-14(24-8)9-4-2-3-5-12(9)21)16-18-10(6-26-16)15-19-11(7-25-15)17(22)23/h2-5,8,10-11,13,21H,6-7H2,1H3,(H,22,23). The van der Waals surface area contributed by atoms with E-state index >= 15 is 0 Å². The van der Waals surface area contributed by atoms with Crippen LogP contribution in [0.2, 0.25) is 0 Å². The van der Waals surface area contributed by atoms with Gasteiger partial charge in [0, 0.05) is 11.5 Å². The molecule has 3 aliphatic rings. The summed E-state index contributed by atoms with van der Waals surface area (Å²) in [5.41, 5.74) is 0.571. The number of hydrogen-bond donors (Lipinski definition) is 2. The van der Waals surface area contributed by atoms with Crippen molar-refractivity contribution in [3.8, 4) is 5.75 Å². The van der Waals surface area contributed by atoms with Crippen LogP contribution in [0.15, 0.2) is 39.2 Å². The van der Waals surface area contributed by atoms with Crippen LogP contribution in [-0.2, 0) is 9.53 Å². The van der Waals surface area contributed by atoms with Crippen LogP contribution in [0.1, 0.15) is 12.5 Å². The highest BCUT2D eigenvalue weighted by atomic mass is 32.2. The molecule has 3 aliphatic heterocycles. The van der Waals surface area contributed by atoms with Gasteiger partial charge in [-0.25, -0.2) is 9.79 Å². The number of phenolic OH excluding ortho intramolecular Hbond substituents is 1. The van der Waals surface area contributed by atoms with Gasteiger partial charge in [-0.1, -0.05) is 12.1 Å². The van der Waals surface area contributed by atoms with E-state index in [0.29, 0.717) is 17.2 Å². The molecule has 26 heavy (non-hydrogen) atoms. The van der Waals surface area contributed by atoms with Gasteiger partial charge in [-0.05, 0) is 19.1 Å². The molecule has 0 saturated heterocycles. The fourth-order valence-electron chi connectivity index (χ4n) is 2.93. The molecule has 1 aromatic carbocycles. The van der Waals surface area contributed by atoms with E-state index in [9.17, 15) is 9.90 Å². The number of carboxylic acids is 1. The van der Waals surface area contributed by atoms with Crippen molar-refractivity contribution in [1.29, 1.82) is 0 Å². The van der Waals surface area contributed by atoms with E-state index in [0.717, 1.165) is 15.8 Å². The Morgan fingerprint density at radius 3 is 2.65 bits per heavy atom. The molecular formula is C17H17N3O4S2. The van der Waals surface area contributed by atoms with Crippen molar-refractivity contribution in [2.45, 2.75) is 31.2 Å². The van der Waals surface area contributed by atoms with E-state index in [1.54, 1.807) is 30.0 Å². The van der Waals surface area contributed by atoms with Crippen molar-refractivity contribution >= 4 is 45.5 Å². The van der Waals surface area contributed by atoms with Gasteiger partial charge in [0.15, 0.2) is 6.04 Å². The number of aliphatic imine (C=N–C) groups is 3. The first-order valence-corrected chi connectivity index (χ1v) is 10.2. The number of carbonyl (C=O) groups is 1. The lowest BCUT2D eigenvalue weighted by Gasteiger charge is -2.12. The fourth-order valence-corrected chi connectivity index (χ4v) is 5.29. The maximum absolute atomic E-state index is 11.1. The maximum Gasteiger partial charge on any atom is 0.329 e. The molecule has 0 saturated carbocycles. The van der Waals surface area contributed by atoms with Gasteiger partial charge in [0.25, 0.3) is 0 Å². The van der Waals surface area contributed by atoms with Crippen LogP contribution in [0.25, 0.3) is 0 Å². The molecular weight excluding hydrogens is 374 g/mol. The molecule has 2 N–H and O–H groups in total. The summed E-state index contributed by atoms with van der Waals surface area (Å²) in [6.07, 6.45) is -0.181. The molecule has 0 radical (unpaired) electrons. The lowest BCUT2D eigenvalue weighted by molar-refractivity contribution is -0.137. The first-order valence-electron chi connectivity index (χ1n) is 8.19. The number of ether oxygens (including phenoxy) is 1. The maximum atomic E-state index is 11.1. The second-order valence-corrected chi connectivity index (χ2v) is 8.23. The number of thioether (sulfide) groups is 2. The highest BCUT2D eigenvalue weighted by molar-refractivity contribution is 8.16. The summed E-state index contributed by atoms with van der Waals surface area (Å²) in [4.78, 5) is 24.7. The molecule has 0 amide bonds. The Hall–Kier alpha value is -2.00. The molecule has 0 aromatic heterocycles. The van der Waals surface area contributed by atoms with Crippen LogP contribution in [0.5, 0.6) is 5.75 Å². The Labute approximate surface area is 158 Å². The second-order valence-electron chi connectivity index (χ2n) is 6.15. The number of carboxylic acid groups (broad SMARTS) is 1. The molecule has 9 heteroatoms. The van der Waals surface area contributed by atoms with Crippen LogP contribution >= 0.6 is 23.5 Å². The summed E-state index contributed by atoms with van der Waals surface area (Å²) in [6.45, 7) is 1.93. The zero-order chi connectivity index (χ0) is 18.3. The molecule has 4 rings (SSSR count). The Morgan fingerprint density at radius 1 is 1.15 bits per heavy atom. The Kier molecular flexibility index (Phi) is 4.66. The number of aromatic hydroxyl groups is 1. The minimum Gasteiger partial charge on any atom is -0.507 e. The normalized spacial score (nSPS) is 30.6. The third-order valence-electron chi connectivity index (χ3n) is 4.30. The minimum atomic E-state index is -0.892. The van der Waals surface area contributed by atoms with Gasteiger partial charge in [0.05, 0.1) is 15.7 Å². The number of aliphatic carboxylic acids is 1. The third-order valence-corrected chi connectivity index (χ3v) is 6.58. The molecule has 4 unspecified atom stereocenters. The van der Waals surface area contributed by atoms with Gasteiger partial charge in [-0.2, -0.15) is 0 Å². The lowest BCUT2D eigenvalue weighted by atomic mass is 10.2. The van der Waals surface area contributed by atoms with Crippen molar-refractivity contribution in [2.75, 3.05) is 11.5 Å². The van der Waals surface area contributed by atoms with E-state index < -0.39 is 12.0 Å². The summed E-state index contributed by atoms with van der Waals surface area (Å²) >= 11 is 3.08. The van der Waals surface area contributed by atoms with Crippen LogP contribution in [-0.4, -0.2) is 67.9 Å². The number of rotatable bonds is 4. The van der Waals surface area contributed by atoms with E-state index in [2.05, 4.69) is 9.98 Å². The number of para-hydroxylation sites is 1. The predicted octanol–water partition coefficient (Wildman–Crippen LogP) is 2.04. The van der Waals surface area contributed by atoms with Crippen molar-refractivity contribution in [2.24, 2.45) is 15.0 Å². The smallest absolute Gasteiger partial charge is 0.329 e. The largest absolute Gasteiger partial charge is 0.507 e. The van der Waals surface area contributed by atoms with Gasteiger partial charge in [-0.3, -0.25) is 9.98 Å². The van der Waals surface area contributed by atoms with Crippen molar-refractivity contribution in [3.63, 3.8) is 0 Å². The lowest BCUT2D eigenvalue weighted by Crippen LogP contribution is -2.25. The average molecular weight is 391 g/mol. The van der Waals surface area contributed by atoms with Crippen molar-refractivity contribution in [3.05, 3.63) is 29.8 Å². The van der Waals surface area contributed by atoms with Gasteiger partial charge >= 0.3 is 5.97 Å². The molecule has 7 nitrogen and oxygen atoms in total. The Balaban J connectivity index is 1.54. The summed E-state index contributed by atoms with van der Waals surface area (Å²) in [5, 5.41) is 20.7. The van der Waals surface area contributed by atoms with Crippen LogP contribution in [0.3, 0.4) is 0 Å². The third kappa shape index (κ3) is 3.21. The summed E-state index contributed by atoms with van der Waals surface area (Å²) in [5.74, 6) is 0.866. The first-order chi connectivity index (χ1) is 12.5. The monoisotopic (exact) mass is 391 g/mol. The molecule has 136 valence electrons. The first kappa shape index (κ1) is 17.4. The van der Waals surface area contributed by atoms with Gasteiger partial charge < -0.3 is 14.9 Å². The highest BCUT2D eigenvalue weighted by Gasteiger charge is 2.38. The number of benzene rings is 1. The minimum absolute atomic E-state index is 0.110. The quantitative estimate of drug-likeness (QED) is 0.814. The van der Waals surface area contributed by atoms with Gasteiger partial charge in [0.2, 0.25) is 5.90 Å². The molecule has 0 spiro atoms. The molecule has 0 fully saturated rings. The summed E-state index contributed by atoms with van der Waals surface area (Å²) < 4.78 is 5.85. The molecule has 4 atom stereocenters. The van der Waals surface area contributed by atoms with E-state index in [1.807, 2.05) is 13.0 Å². The number of hydrogen-bond acceptors (Lipinski definition) is 8. The average Bonchev–Trinajstić information content (AvgIpc) is 3.33. The topological polar surface area (TPSA) is 104 Å². The molecule has 0 bridgehead atoms. The summed E-state index contributed by atoms with van der Waals surface area (Å²) in [6, 6.07) is 5.95. The van der Waals surface area contributed by atoms with Gasteiger partial charge in [0.1, 0.15) is 23.9 Å². The second kappa shape index (κ2) is 6.96. The highest BCUT2D eigenvalue weighted by Crippen LogP contribution is 2.33. The van der Waals surface area contributed by atoms with Crippen molar-refractivity contribution < 1.29 is 19.7 Å². The zero-order valence-electron chi connectivity index (χ0n) is 13.9. The van der Waals surface area contributed by atoms with E-state index in [4.69, 9.17) is 14.8 Å². The van der Waals surface area contributed by atoms with Gasteiger partial charge in [-0.15, -0.1) is 23.5 Å². The Bertz CT molecular complexity index is 839. The predicted molar refractivity (Wildman–Crippen MR) is 104 cm³/mol.